The lowest BCUT2D eigenvalue weighted by molar-refractivity contribution is -0.114. The number of anilines is 2. The van der Waals surface area contributed by atoms with E-state index in [1.54, 1.807) is 29.9 Å². The third-order valence-corrected chi connectivity index (χ3v) is 4.18. The number of carbonyl (C=O) groups excluding carboxylic acids is 2. The molecule has 0 atom stereocenters. The molecule has 0 saturated heterocycles. The summed E-state index contributed by atoms with van der Waals surface area (Å²) >= 11 is 0. The number of aromatic nitrogens is 2. The lowest BCUT2D eigenvalue weighted by atomic mass is 10.2. The molecule has 2 aromatic heterocycles. The lowest BCUT2D eigenvalue weighted by Crippen LogP contribution is -2.27. The van der Waals surface area contributed by atoms with Gasteiger partial charge in [-0.3, -0.25) is 9.59 Å². The standard InChI is InChI=1S/C19H19FN4O3.C2H6/c1-11-9-21-18-16(22-12(2)25)7-13(10-24(11)18)19(26)23(3)14-5-6-15(20)17(8-14)27-4;1-2/h5-10H,1-4H3,(H,22,25);1-2H3. The maximum atomic E-state index is 13.6. The van der Waals surface area contributed by atoms with E-state index in [0.717, 1.165) is 5.69 Å². The van der Waals surface area contributed by atoms with E-state index >= 15 is 0 Å². The number of pyridine rings is 1. The van der Waals surface area contributed by atoms with Crippen LogP contribution in [0.3, 0.4) is 0 Å². The van der Waals surface area contributed by atoms with Crippen molar-refractivity contribution in [3.05, 3.63) is 53.7 Å². The van der Waals surface area contributed by atoms with Crippen LogP contribution in [0.25, 0.3) is 5.65 Å². The Morgan fingerprint density at radius 1 is 1.24 bits per heavy atom. The number of nitrogens with one attached hydrogen (secondary N) is 1. The minimum absolute atomic E-state index is 0.0481. The Morgan fingerprint density at radius 2 is 1.93 bits per heavy atom. The molecular formula is C21H25FN4O3. The number of hydrogen-bond donors (Lipinski definition) is 1. The summed E-state index contributed by atoms with van der Waals surface area (Å²) in [7, 11) is 2.94. The van der Waals surface area contributed by atoms with Gasteiger partial charge in [0.2, 0.25) is 5.91 Å². The highest BCUT2D eigenvalue weighted by Gasteiger charge is 2.19. The van der Waals surface area contributed by atoms with Crippen molar-refractivity contribution in [2.45, 2.75) is 27.7 Å². The van der Waals surface area contributed by atoms with Gasteiger partial charge >= 0.3 is 0 Å². The number of methoxy groups -OCH3 is 1. The van der Waals surface area contributed by atoms with E-state index in [9.17, 15) is 14.0 Å². The SMILES string of the molecule is CC.COc1cc(N(C)C(=O)c2cc(NC(C)=O)c3ncc(C)n3c2)ccc1F. The molecule has 0 bridgehead atoms. The summed E-state index contributed by atoms with van der Waals surface area (Å²) < 4.78 is 20.3. The van der Waals surface area contributed by atoms with Crippen LogP contribution in [0.2, 0.25) is 0 Å². The first-order valence-corrected chi connectivity index (χ1v) is 9.18. The van der Waals surface area contributed by atoms with Gasteiger partial charge in [-0.15, -0.1) is 0 Å². The van der Waals surface area contributed by atoms with Gasteiger partial charge in [-0.25, -0.2) is 9.37 Å². The van der Waals surface area contributed by atoms with E-state index < -0.39 is 5.82 Å². The summed E-state index contributed by atoms with van der Waals surface area (Å²) in [5.41, 5.74) is 2.62. The predicted molar refractivity (Wildman–Crippen MR) is 111 cm³/mol. The van der Waals surface area contributed by atoms with Gasteiger partial charge in [0.05, 0.1) is 18.4 Å². The second-order valence-electron chi connectivity index (χ2n) is 6.10. The van der Waals surface area contributed by atoms with Crippen molar-refractivity contribution >= 4 is 28.8 Å². The summed E-state index contributed by atoms with van der Waals surface area (Å²) in [6, 6.07) is 5.75. The van der Waals surface area contributed by atoms with E-state index in [-0.39, 0.29) is 17.6 Å². The molecule has 154 valence electrons. The number of carbonyl (C=O) groups is 2. The second-order valence-corrected chi connectivity index (χ2v) is 6.10. The van der Waals surface area contributed by atoms with Crippen molar-refractivity contribution in [3.63, 3.8) is 0 Å². The Labute approximate surface area is 169 Å². The molecule has 0 aliphatic heterocycles. The molecular weight excluding hydrogens is 375 g/mol. The number of amides is 2. The number of rotatable bonds is 4. The van der Waals surface area contributed by atoms with E-state index in [0.29, 0.717) is 22.6 Å². The monoisotopic (exact) mass is 400 g/mol. The van der Waals surface area contributed by atoms with Gasteiger partial charge in [0.15, 0.2) is 17.2 Å². The second kappa shape index (κ2) is 9.18. The fourth-order valence-corrected chi connectivity index (χ4v) is 2.77. The number of halogens is 1. The van der Waals surface area contributed by atoms with Crippen molar-refractivity contribution in [2.75, 3.05) is 24.4 Å². The summed E-state index contributed by atoms with van der Waals surface area (Å²) in [5, 5.41) is 2.70. The number of fused-ring (bicyclic) bond motifs is 1. The third-order valence-electron chi connectivity index (χ3n) is 4.18. The smallest absolute Gasteiger partial charge is 0.259 e. The third kappa shape index (κ3) is 4.53. The van der Waals surface area contributed by atoms with Crippen molar-refractivity contribution in [1.82, 2.24) is 9.38 Å². The summed E-state index contributed by atoms with van der Waals surface area (Å²) in [6.45, 7) is 7.23. The number of hydrogen-bond acceptors (Lipinski definition) is 4. The average Bonchev–Trinajstić information content (AvgIpc) is 3.09. The Morgan fingerprint density at radius 3 is 2.55 bits per heavy atom. The summed E-state index contributed by atoms with van der Waals surface area (Å²) in [5.74, 6) is -1.05. The summed E-state index contributed by atoms with van der Waals surface area (Å²) in [6.07, 6.45) is 3.31. The molecule has 3 aromatic rings. The molecule has 2 amide bonds. The fourth-order valence-electron chi connectivity index (χ4n) is 2.77. The lowest BCUT2D eigenvalue weighted by Gasteiger charge is -2.19. The molecule has 3 rings (SSSR count). The minimum atomic E-state index is -0.509. The van der Waals surface area contributed by atoms with Crippen molar-refractivity contribution in [1.29, 1.82) is 0 Å². The highest BCUT2D eigenvalue weighted by molar-refractivity contribution is 6.07. The number of aryl methyl sites for hydroxylation is 1. The molecule has 0 radical (unpaired) electrons. The number of imidazole rings is 1. The van der Waals surface area contributed by atoms with Crippen LogP contribution in [0, 0.1) is 12.7 Å². The molecule has 2 heterocycles. The molecule has 0 spiro atoms. The predicted octanol–water partition coefficient (Wildman–Crippen LogP) is 4.05. The molecule has 0 unspecified atom stereocenters. The van der Waals surface area contributed by atoms with E-state index in [4.69, 9.17) is 4.74 Å². The van der Waals surface area contributed by atoms with Gasteiger partial charge in [-0.05, 0) is 25.1 Å². The van der Waals surface area contributed by atoms with Crippen molar-refractivity contribution in [3.8, 4) is 5.75 Å². The van der Waals surface area contributed by atoms with Gasteiger partial charge in [0.25, 0.3) is 5.91 Å². The minimum Gasteiger partial charge on any atom is -0.494 e. The summed E-state index contributed by atoms with van der Waals surface area (Å²) in [4.78, 5) is 30.2. The van der Waals surface area contributed by atoms with E-state index in [1.807, 2.05) is 20.8 Å². The Balaban J connectivity index is 0.00000145. The van der Waals surface area contributed by atoms with E-state index in [2.05, 4.69) is 10.3 Å². The number of benzene rings is 1. The molecule has 0 aliphatic carbocycles. The maximum Gasteiger partial charge on any atom is 0.259 e. The Kier molecular flexibility index (Phi) is 6.93. The highest BCUT2D eigenvalue weighted by atomic mass is 19.1. The van der Waals surface area contributed by atoms with Crippen molar-refractivity contribution < 1.29 is 18.7 Å². The van der Waals surface area contributed by atoms with Crippen LogP contribution in [0.4, 0.5) is 15.8 Å². The normalized spacial score (nSPS) is 10.2. The molecule has 8 heteroatoms. The van der Waals surface area contributed by atoms with Crippen LogP contribution in [0.15, 0.2) is 36.7 Å². The fraction of sp³-hybridized carbons (Fsp3) is 0.286. The number of nitrogens with zero attached hydrogens (tertiary/aromatic N) is 3. The van der Waals surface area contributed by atoms with Gasteiger partial charge in [0.1, 0.15) is 0 Å². The molecule has 0 saturated carbocycles. The first kappa shape index (κ1) is 21.9. The van der Waals surface area contributed by atoms with Crippen molar-refractivity contribution in [2.24, 2.45) is 0 Å². The van der Waals surface area contributed by atoms with Crippen LogP contribution in [-0.2, 0) is 4.79 Å². The van der Waals surface area contributed by atoms with Gasteiger partial charge in [-0.1, -0.05) is 13.8 Å². The van der Waals surface area contributed by atoms with Crippen LogP contribution in [0.5, 0.6) is 5.75 Å². The maximum absolute atomic E-state index is 13.6. The van der Waals surface area contributed by atoms with Gasteiger partial charge < -0.3 is 19.4 Å². The molecule has 1 N–H and O–H groups in total. The molecule has 0 fully saturated rings. The quantitative estimate of drug-likeness (QED) is 0.717. The largest absolute Gasteiger partial charge is 0.494 e. The molecule has 0 aliphatic rings. The van der Waals surface area contributed by atoms with Crippen LogP contribution in [-0.4, -0.2) is 35.4 Å². The Hall–Kier alpha value is -3.42. The zero-order valence-electron chi connectivity index (χ0n) is 17.4. The number of ether oxygens (including phenoxy) is 1. The van der Waals surface area contributed by atoms with Gasteiger partial charge in [0, 0.05) is 43.8 Å². The van der Waals surface area contributed by atoms with Crippen LogP contribution < -0.4 is 15.0 Å². The highest BCUT2D eigenvalue weighted by Crippen LogP contribution is 2.26. The molecule has 29 heavy (non-hydrogen) atoms. The van der Waals surface area contributed by atoms with Gasteiger partial charge in [-0.2, -0.15) is 0 Å². The Bertz CT molecular complexity index is 1050. The first-order chi connectivity index (χ1) is 13.8. The van der Waals surface area contributed by atoms with Crippen LogP contribution in [0.1, 0.15) is 36.8 Å². The molecule has 1 aromatic carbocycles. The topological polar surface area (TPSA) is 75.9 Å². The van der Waals surface area contributed by atoms with Crippen LogP contribution >= 0.6 is 0 Å². The first-order valence-electron chi connectivity index (χ1n) is 9.18. The molecule has 7 nitrogen and oxygen atoms in total. The zero-order valence-corrected chi connectivity index (χ0v) is 17.4. The van der Waals surface area contributed by atoms with E-state index in [1.165, 1.54) is 37.1 Å². The average molecular weight is 400 g/mol. The zero-order chi connectivity index (χ0) is 21.7.